The molecular weight excluding hydrogens is 552 g/mol. The van der Waals surface area contributed by atoms with Gasteiger partial charge in [-0.2, -0.15) is 0 Å². The number of nitrogens with zero attached hydrogens (tertiary/aromatic N) is 2. The number of Topliss-reactive ketones (excluding diaryl/α,β-unsaturated/α-hetero) is 1. The predicted octanol–water partition coefficient (Wildman–Crippen LogP) is 3.36. The van der Waals surface area contributed by atoms with E-state index in [-0.39, 0.29) is 17.9 Å². The van der Waals surface area contributed by atoms with Crippen molar-refractivity contribution in [1.82, 2.24) is 15.2 Å². The number of amides is 2. The Kier molecular flexibility index (Phi) is 7.01. The maximum atomic E-state index is 14.0. The van der Waals surface area contributed by atoms with Gasteiger partial charge in [0.05, 0.1) is 15.6 Å². The van der Waals surface area contributed by atoms with Gasteiger partial charge in [0.2, 0.25) is 11.8 Å². The molecule has 0 saturated carbocycles. The standard InChI is InChI=1S/C31H30N6O4S/c1-2-23(38)37-14-6-7-18(16-37)36-30(40)28-25-24-20(11-12-21(32)27(24)42-28)31(34,29(39)26(25)33)17-10-13-22(35-15-17)41-19-8-4-3-5-9-19/h2-5,8-13,15,18,26H,1,6-7,14,16,32-34H2,(H,36,40). The summed E-state index contributed by atoms with van der Waals surface area (Å²) in [6.45, 7) is 4.54. The Labute approximate surface area is 246 Å². The highest BCUT2D eigenvalue weighted by Gasteiger charge is 2.49. The molecule has 2 aromatic carbocycles. The van der Waals surface area contributed by atoms with E-state index >= 15 is 0 Å². The lowest BCUT2D eigenvalue weighted by Gasteiger charge is -2.36. The van der Waals surface area contributed by atoms with Crippen LogP contribution in [0.25, 0.3) is 10.1 Å². The van der Waals surface area contributed by atoms with Crippen LogP contribution in [0.5, 0.6) is 11.6 Å². The number of ketones is 1. The van der Waals surface area contributed by atoms with Gasteiger partial charge < -0.3 is 32.2 Å². The number of benzene rings is 2. The predicted molar refractivity (Wildman–Crippen MR) is 161 cm³/mol. The molecule has 7 N–H and O–H groups in total. The number of rotatable bonds is 6. The number of nitrogen functional groups attached to an aromatic ring is 1. The first-order valence-electron chi connectivity index (χ1n) is 13.6. The summed E-state index contributed by atoms with van der Waals surface area (Å²) in [4.78, 5) is 46.1. The summed E-state index contributed by atoms with van der Waals surface area (Å²) >= 11 is 1.19. The maximum Gasteiger partial charge on any atom is 0.262 e. The van der Waals surface area contributed by atoms with E-state index in [9.17, 15) is 14.4 Å². The Morgan fingerprint density at radius 3 is 2.67 bits per heavy atom. The van der Waals surface area contributed by atoms with Crippen LogP contribution < -0.4 is 27.3 Å². The second-order valence-electron chi connectivity index (χ2n) is 10.5. The van der Waals surface area contributed by atoms with Gasteiger partial charge in [0, 0.05) is 53.6 Å². The number of carbonyl (C=O) groups is 3. The molecular formula is C31H30N6O4S. The van der Waals surface area contributed by atoms with Crippen LogP contribution in [-0.4, -0.2) is 46.6 Å². The molecule has 3 unspecified atom stereocenters. The van der Waals surface area contributed by atoms with Gasteiger partial charge in [-0.25, -0.2) is 4.98 Å². The van der Waals surface area contributed by atoms with Crippen molar-refractivity contribution in [3.05, 3.63) is 95.0 Å². The number of aromatic nitrogens is 1. The Morgan fingerprint density at radius 1 is 1.17 bits per heavy atom. The molecule has 4 aromatic rings. The van der Waals surface area contributed by atoms with Crippen molar-refractivity contribution in [3.63, 3.8) is 0 Å². The molecule has 0 radical (unpaired) electrons. The third-order valence-electron chi connectivity index (χ3n) is 7.92. The van der Waals surface area contributed by atoms with Crippen LogP contribution in [0.15, 0.2) is 73.4 Å². The molecule has 3 atom stereocenters. The van der Waals surface area contributed by atoms with Crippen LogP contribution in [0.2, 0.25) is 0 Å². The summed E-state index contributed by atoms with van der Waals surface area (Å²) in [5, 5.41) is 3.65. The van der Waals surface area contributed by atoms with Gasteiger partial charge in [-0.3, -0.25) is 14.4 Å². The van der Waals surface area contributed by atoms with E-state index in [2.05, 4.69) is 16.9 Å². The number of nitrogens with one attached hydrogen (secondary N) is 1. The van der Waals surface area contributed by atoms with E-state index in [1.165, 1.54) is 23.6 Å². The van der Waals surface area contributed by atoms with Crippen LogP contribution in [0.3, 0.4) is 0 Å². The van der Waals surface area contributed by atoms with Crippen molar-refractivity contribution in [3.8, 4) is 11.6 Å². The Morgan fingerprint density at radius 2 is 1.95 bits per heavy atom. The van der Waals surface area contributed by atoms with Crippen molar-refractivity contribution in [2.75, 3.05) is 18.8 Å². The monoisotopic (exact) mass is 582 g/mol. The van der Waals surface area contributed by atoms with Crippen LogP contribution >= 0.6 is 11.3 Å². The minimum Gasteiger partial charge on any atom is -0.439 e. The third-order valence-corrected chi connectivity index (χ3v) is 9.17. The fraction of sp³-hybridized carbons (Fsp3) is 0.226. The fourth-order valence-corrected chi connectivity index (χ4v) is 7.01. The first-order chi connectivity index (χ1) is 20.2. The van der Waals surface area contributed by atoms with Gasteiger partial charge in [-0.05, 0) is 48.7 Å². The van der Waals surface area contributed by atoms with Crippen LogP contribution in [0, 0.1) is 0 Å². The molecule has 10 nitrogen and oxygen atoms in total. The zero-order valence-electron chi connectivity index (χ0n) is 22.7. The molecule has 0 bridgehead atoms. The van der Waals surface area contributed by atoms with E-state index in [0.29, 0.717) is 68.5 Å². The highest BCUT2D eigenvalue weighted by atomic mass is 32.1. The number of nitrogens with two attached hydrogens (primary N) is 3. The van der Waals surface area contributed by atoms with Crippen molar-refractivity contribution in [2.24, 2.45) is 11.5 Å². The molecule has 1 saturated heterocycles. The van der Waals surface area contributed by atoms with Crippen molar-refractivity contribution >= 4 is 44.7 Å². The zero-order chi connectivity index (χ0) is 29.6. The lowest BCUT2D eigenvalue weighted by Crippen LogP contribution is -2.53. The molecule has 42 heavy (non-hydrogen) atoms. The summed E-state index contributed by atoms with van der Waals surface area (Å²) in [5.41, 5.74) is 20.1. The molecule has 11 heteroatoms. The molecule has 1 aliphatic heterocycles. The fourth-order valence-electron chi connectivity index (χ4n) is 5.81. The minimum absolute atomic E-state index is 0.177. The molecule has 2 aromatic heterocycles. The van der Waals surface area contributed by atoms with Crippen LogP contribution in [-0.2, 0) is 15.1 Å². The molecule has 3 heterocycles. The number of para-hydroxylation sites is 1. The molecule has 214 valence electrons. The van der Waals surface area contributed by atoms with E-state index < -0.39 is 17.4 Å². The molecule has 0 spiro atoms. The van der Waals surface area contributed by atoms with E-state index in [1.807, 2.05) is 30.3 Å². The van der Waals surface area contributed by atoms with Crippen molar-refractivity contribution in [2.45, 2.75) is 30.5 Å². The SMILES string of the molecule is C=CC(=O)N1CCCC(NC(=O)c2sc3c(N)ccc4c3c2C(N)C(=O)C4(N)c2ccc(Oc3ccccc3)nc2)C1. The van der Waals surface area contributed by atoms with Crippen LogP contribution in [0.4, 0.5) is 5.69 Å². The summed E-state index contributed by atoms with van der Waals surface area (Å²) < 4.78 is 6.44. The van der Waals surface area contributed by atoms with Gasteiger partial charge >= 0.3 is 0 Å². The topological polar surface area (TPSA) is 167 Å². The number of anilines is 1. The lowest BCUT2D eigenvalue weighted by atomic mass is 9.71. The smallest absolute Gasteiger partial charge is 0.262 e. The number of ether oxygens (including phenoxy) is 1. The Balaban J connectivity index is 1.36. The first kappa shape index (κ1) is 27.6. The van der Waals surface area contributed by atoms with Gasteiger partial charge in [0.25, 0.3) is 5.91 Å². The van der Waals surface area contributed by atoms with Gasteiger partial charge in [0.15, 0.2) is 5.78 Å². The number of thiophene rings is 1. The van der Waals surface area contributed by atoms with Crippen LogP contribution in [0.1, 0.15) is 45.2 Å². The molecule has 1 fully saturated rings. The average molecular weight is 583 g/mol. The molecule has 2 amide bonds. The normalized spacial score (nSPS) is 21.7. The number of piperidine rings is 1. The third kappa shape index (κ3) is 4.51. The number of pyridine rings is 1. The van der Waals surface area contributed by atoms with Crippen molar-refractivity contribution in [1.29, 1.82) is 0 Å². The van der Waals surface area contributed by atoms with E-state index in [0.717, 1.165) is 6.42 Å². The van der Waals surface area contributed by atoms with Gasteiger partial charge in [-0.1, -0.05) is 30.8 Å². The summed E-state index contributed by atoms with van der Waals surface area (Å²) in [7, 11) is 0. The molecule has 2 aliphatic rings. The van der Waals surface area contributed by atoms with Gasteiger partial charge in [0.1, 0.15) is 11.3 Å². The van der Waals surface area contributed by atoms with Crippen molar-refractivity contribution < 1.29 is 19.1 Å². The first-order valence-corrected chi connectivity index (χ1v) is 14.4. The number of likely N-dealkylation sites (tertiary alicyclic amines) is 1. The maximum absolute atomic E-state index is 14.0. The molecule has 1 aliphatic carbocycles. The highest BCUT2D eigenvalue weighted by molar-refractivity contribution is 7.21. The van der Waals surface area contributed by atoms with E-state index in [1.54, 1.807) is 29.2 Å². The Hall–Kier alpha value is -4.58. The summed E-state index contributed by atoms with van der Waals surface area (Å²) in [6, 6.07) is 14.5. The minimum atomic E-state index is -1.62. The molecule has 6 rings (SSSR count). The number of hydrogen-bond acceptors (Lipinski definition) is 9. The quantitative estimate of drug-likeness (QED) is 0.198. The van der Waals surface area contributed by atoms with Gasteiger partial charge in [-0.15, -0.1) is 11.3 Å². The second-order valence-corrected chi connectivity index (χ2v) is 11.5. The highest BCUT2D eigenvalue weighted by Crippen LogP contribution is 2.49. The second kappa shape index (κ2) is 10.7. The summed E-state index contributed by atoms with van der Waals surface area (Å²) in [5.74, 6) is -0.0452. The number of carbonyl (C=O) groups excluding carboxylic acids is 3. The zero-order valence-corrected chi connectivity index (χ0v) is 23.5. The van der Waals surface area contributed by atoms with E-state index in [4.69, 9.17) is 21.9 Å². The lowest BCUT2D eigenvalue weighted by molar-refractivity contribution is -0.127. The summed E-state index contributed by atoms with van der Waals surface area (Å²) in [6.07, 6.45) is 4.25. The largest absolute Gasteiger partial charge is 0.439 e. The number of hydrogen-bond donors (Lipinski definition) is 4. The average Bonchev–Trinajstić information content (AvgIpc) is 3.42. The Bertz CT molecular complexity index is 1720.